The number of nitrogens with zero attached hydrogens (tertiary/aromatic N) is 2. The molecule has 362 valence electrons. The molecule has 4 amide bonds. The van der Waals surface area contributed by atoms with E-state index in [1.165, 1.54) is 16.7 Å². The molecule has 4 aromatic carbocycles. The van der Waals surface area contributed by atoms with Crippen LogP contribution in [0.15, 0.2) is 108 Å². The second-order valence-corrected chi connectivity index (χ2v) is 20.7. The number of carbonyl (C=O) groups excluding carboxylic acids is 4. The van der Waals surface area contributed by atoms with Crippen LogP contribution >= 0.6 is 39.1 Å². The summed E-state index contributed by atoms with van der Waals surface area (Å²) < 4.78 is 0.979. The molecule has 0 radical (unpaired) electrons. The van der Waals surface area contributed by atoms with Gasteiger partial charge in [0.1, 0.15) is 0 Å². The van der Waals surface area contributed by atoms with E-state index < -0.39 is 0 Å². The lowest BCUT2D eigenvalue weighted by atomic mass is 9.75. The van der Waals surface area contributed by atoms with E-state index in [2.05, 4.69) is 106 Å². The minimum Gasteiger partial charge on any atom is -0.356 e. The summed E-state index contributed by atoms with van der Waals surface area (Å²) in [5.41, 5.74) is 4.98. The second kappa shape index (κ2) is 27.1. The lowest BCUT2D eigenvalue weighted by Crippen LogP contribution is -2.52. The molecule has 0 bridgehead atoms. The summed E-state index contributed by atoms with van der Waals surface area (Å²) in [6, 6.07) is 34.6. The van der Waals surface area contributed by atoms with E-state index in [9.17, 15) is 19.2 Å². The van der Waals surface area contributed by atoms with Gasteiger partial charge in [-0.15, -0.1) is 0 Å². The Morgan fingerprint density at radius 2 is 1.04 bits per heavy atom. The molecular weight excluding hydrogens is 947 g/mol. The Hall–Kier alpha value is -4.26. The van der Waals surface area contributed by atoms with E-state index in [1.807, 2.05) is 72.8 Å². The van der Waals surface area contributed by atoms with E-state index in [1.54, 1.807) is 0 Å². The first kappa shape index (κ1) is 53.7. The summed E-state index contributed by atoms with van der Waals surface area (Å²) in [7, 11) is 8.56. The third kappa shape index (κ3) is 18.3. The molecule has 4 N–H and O–H groups in total. The van der Waals surface area contributed by atoms with Crippen LogP contribution in [0, 0.1) is 0 Å². The van der Waals surface area contributed by atoms with Crippen LogP contribution in [0.3, 0.4) is 0 Å². The summed E-state index contributed by atoms with van der Waals surface area (Å²) in [5.74, 6) is -0.243. The Morgan fingerprint density at radius 3 is 1.58 bits per heavy atom. The van der Waals surface area contributed by atoms with Crippen molar-refractivity contribution in [1.29, 1.82) is 0 Å². The number of benzene rings is 4. The van der Waals surface area contributed by atoms with Crippen LogP contribution < -0.4 is 21.3 Å². The highest BCUT2D eigenvalue weighted by Gasteiger charge is 2.39. The zero-order valence-electron chi connectivity index (χ0n) is 39.9. The van der Waals surface area contributed by atoms with Gasteiger partial charge in [-0.05, 0) is 164 Å². The Kier molecular flexibility index (Phi) is 21.7. The number of hydrogen-bond acceptors (Lipinski definition) is 6. The van der Waals surface area contributed by atoms with Gasteiger partial charge in [0.05, 0.1) is 0 Å². The highest BCUT2D eigenvalue weighted by atomic mass is 79.9. The summed E-state index contributed by atoms with van der Waals surface area (Å²) in [4.78, 5) is 53.8. The summed E-state index contributed by atoms with van der Waals surface area (Å²) in [6.45, 7) is 1.10. The Morgan fingerprint density at radius 1 is 0.552 bits per heavy atom. The molecule has 0 aromatic heterocycles. The fraction of sp³-hybridized carbons (Fsp3) is 0.481. The number of likely N-dealkylation sites (N-methyl/N-ethyl adjacent to an activating group) is 2. The molecule has 2 saturated carbocycles. The monoisotopic (exact) mass is 1020 g/mol. The van der Waals surface area contributed by atoms with Gasteiger partial charge in [0.2, 0.25) is 23.6 Å². The molecular formula is C54H71BrCl2N6O4. The van der Waals surface area contributed by atoms with Crippen molar-refractivity contribution in [3.63, 3.8) is 0 Å². The normalized spacial score (nSPS) is 20.3. The second-order valence-electron chi connectivity index (χ2n) is 18.9. The van der Waals surface area contributed by atoms with Crippen LogP contribution in [0.5, 0.6) is 0 Å². The van der Waals surface area contributed by atoms with Crippen molar-refractivity contribution in [3.8, 4) is 0 Å². The maximum absolute atomic E-state index is 12.4. The number of halogens is 3. The van der Waals surface area contributed by atoms with E-state index in [-0.39, 0.29) is 72.5 Å². The Labute approximate surface area is 417 Å². The van der Waals surface area contributed by atoms with Gasteiger partial charge < -0.3 is 31.1 Å². The first-order chi connectivity index (χ1) is 32.1. The highest BCUT2D eigenvalue weighted by Crippen LogP contribution is 2.37. The average molecular weight is 1020 g/mol. The number of amides is 4. The van der Waals surface area contributed by atoms with Crippen molar-refractivity contribution in [2.45, 2.75) is 132 Å². The van der Waals surface area contributed by atoms with Crippen molar-refractivity contribution in [2.75, 3.05) is 34.7 Å². The largest absolute Gasteiger partial charge is 0.356 e. The zero-order chi connectivity index (χ0) is 48.2. The van der Waals surface area contributed by atoms with E-state index >= 15 is 0 Å². The fourth-order valence-electron chi connectivity index (χ4n) is 9.42. The zero-order valence-corrected chi connectivity index (χ0v) is 43.0. The SMILES string of the molecule is CN(C)C1(Cc2ccc(Cl)cc2)CCC(NC(=O)CCC(=O)NCc2cccc(Br)c2)CC1.CN(C)C1(Cc2cccc(Cl)c2)CCC(NC(=O)CCC(=O)NCCCc2ccccc2)CC1. The van der Waals surface area contributed by atoms with Crippen LogP contribution in [-0.4, -0.2) is 91.3 Å². The van der Waals surface area contributed by atoms with Crippen molar-refractivity contribution >= 4 is 62.8 Å². The molecule has 0 heterocycles. The third-order valence-electron chi connectivity index (χ3n) is 13.7. The standard InChI is InChI=1S/C28H38ClN3O2.C26H33BrClN3O2/c1-32(2)28(21-23-10-6-12-24(29)20-23)17-15-25(16-18-28)31-27(34)14-13-26(33)30-19-7-11-22-8-4-3-5-9-22;1-31(2)26(17-19-6-8-22(28)9-7-19)14-12-23(13-15-26)30-25(33)11-10-24(32)29-18-20-4-3-5-21(27)16-20/h3-6,8-10,12,20,25H,7,11,13-19,21H2,1-2H3,(H,30,33)(H,31,34);3-9,16,23H,10-15,17-18H2,1-2H3,(H,29,32)(H,30,33). The van der Waals surface area contributed by atoms with Gasteiger partial charge in [-0.25, -0.2) is 0 Å². The van der Waals surface area contributed by atoms with Gasteiger partial charge >= 0.3 is 0 Å². The van der Waals surface area contributed by atoms with Gasteiger partial charge in [-0.3, -0.25) is 19.2 Å². The molecule has 6 rings (SSSR count). The predicted octanol–water partition coefficient (Wildman–Crippen LogP) is 9.87. The maximum Gasteiger partial charge on any atom is 0.220 e. The lowest BCUT2D eigenvalue weighted by Gasteiger charge is -2.45. The molecule has 0 atom stereocenters. The number of aryl methyl sites for hydroxylation is 1. The number of nitrogens with one attached hydrogen (secondary N) is 4. The molecule has 2 aliphatic carbocycles. The number of rotatable bonds is 20. The molecule has 4 aromatic rings. The minimum atomic E-state index is -0.108. The third-order valence-corrected chi connectivity index (χ3v) is 14.7. The quantitative estimate of drug-likeness (QED) is 0.0655. The van der Waals surface area contributed by atoms with Crippen molar-refractivity contribution < 1.29 is 19.2 Å². The van der Waals surface area contributed by atoms with Gasteiger partial charge in [0.15, 0.2) is 0 Å². The van der Waals surface area contributed by atoms with Crippen LogP contribution in [0.25, 0.3) is 0 Å². The van der Waals surface area contributed by atoms with Crippen LogP contribution in [-0.2, 0) is 45.0 Å². The summed E-state index contributed by atoms with van der Waals surface area (Å²) >= 11 is 15.7. The van der Waals surface area contributed by atoms with E-state index in [0.717, 1.165) is 97.1 Å². The summed E-state index contributed by atoms with van der Waals surface area (Å²) in [5, 5.41) is 13.6. The minimum absolute atomic E-state index is 0.0309. The van der Waals surface area contributed by atoms with Gasteiger partial charge in [0, 0.05) is 76.5 Å². The van der Waals surface area contributed by atoms with Crippen molar-refractivity contribution in [3.05, 3.63) is 140 Å². The van der Waals surface area contributed by atoms with E-state index in [4.69, 9.17) is 23.2 Å². The van der Waals surface area contributed by atoms with Crippen LogP contribution in [0.4, 0.5) is 0 Å². The Balaban J connectivity index is 0.000000251. The molecule has 0 spiro atoms. The predicted molar refractivity (Wildman–Crippen MR) is 276 cm³/mol. The molecule has 0 saturated heterocycles. The van der Waals surface area contributed by atoms with Crippen molar-refractivity contribution in [2.24, 2.45) is 0 Å². The molecule has 10 nitrogen and oxygen atoms in total. The molecule has 67 heavy (non-hydrogen) atoms. The lowest BCUT2D eigenvalue weighted by molar-refractivity contribution is -0.127. The molecule has 0 unspecified atom stereocenters. The number of carbonyl (C=O) groups is 4. The molecule has 13 heteroatoms. The smallest absolute Gasteiger partial charge is 0.220 e. The van der Waals surface area contributed by atoms with Crippen LogP contribution in [0.1, 0.15) is 106 Å². The summed E-state index contributed by atoms with van der Waals surface area (Å²) in [6.07, 6.45) is 12.5. The first-order valence-electron chi connectivity index (χ1n) is 23.9. The van der Waals surface area contributed by atoms with Crippen LogP contribution in [0.2, 0.25) is 10.0 Å². The maximum atomic E-state index is 12.4. The molecule has 0 aliphatic heterocycles. The molecule has 2 fully saturated rings. The average Bonchev–Trinajstić information content (AvgIpc) is 3.31. The Bertz CT molecular complexity index is 2170. The van der Waals surface area contributed by atoms with Crippen molar-refractivity contribution in [1.82, 2.24) is 31.1 Å². The number of hydrogen-bond donors (Lipinski definition) is 4. The van der Waals surface area contributed by atoms with Gasteiger partial charge in [-0.1, -0.05) is 106 Å². The molecule has 2 aliphatic rings. The fourth-order valence-corrected chi connectivity index (χ4v) is 10.2. The van der Waals surface area contributed by atoms with Gasteiger partial charge in [-0.2, -0.15) is 0 Å². The van der Waals surface area contributed by atoms with Gasteiger partial charge in [0.25, 0.3) is 0 Å². The first-order valence-corrected chi connectivity index (χ1v) is 25.4. The highest BCUT2D eigenvalue weighted by molar-refractivity contribution is 9.10. The van der Waals surface area contributed by atoms with E-state index in [0.29, 0.717) is 13.1 Å². The topological polar surface area (TPSA) is 123 Å².